The topological polar surface area (TPSA) is 55.8 Å². The molecule has 0 bridgehead atoms. The zero-order valence-electron chi connectivity index (χ0n) is 15.1. The predicted molar refractivity (Wildman–Crippen MR) is 95.4 cm³/mol. The van der Waals surface area contributed by atoms with Crippen molar-refractivity contribution < 1.29 is 32.2 Å². The number of nitrogens with zero attached hydrogens (tertiary/aromatic N) is 1. The first-order valence-electron chi connectivity index (χ1n) is 8.62. The fraction of sp³-hybridized carbons (Fsp3) is 0.300. The summed E-state index contributed by atoms with van der Waals surface area (Å²) < 4.78 is 48.4. The van der Waals surface area contributed by atoms with Crippen LogP contribution in [0.15, 0.2) is 42.5 Å². The molecule has 0 radical (unpaired) electrons. The minimum Gasteiger partial charge on any atom is -0.484 e. The number of ether oxygens (including phenoxy) is 2. The molecule has 0 atom stereocenters. The third kappa shape index (κ3) is 4.11. The van der Waals surface area contributed by atoms with E-state index in [0.29, 0.717) is 36.2 Å². The van der Waals surface area contributed by atoms with Crippen LogP contribution in [0.3, 0.4) is 0 Å². The SMILES string of the molecule is COC(=O)c1cccc2c1CCCN2C(=O)COc1cccc(C(F)(F)F)c1. The van der Waals surface area contributed by atoms with Gasteiger partial charge in [-0.05, 0) is 48.7 Å². The van der Waals surface area contributed by atoms with Crippen LogP contribution in [0, 0.1) is 0 Å². The van der Waals surface area contributed by atoms with Gasteiger partial charge in [0.2, 0.25) is 0 Å². The molecular formula is C20H18F3NO4. The number of hydrogen-bond donors (Lipinski definition) is 0. The van der Waals surface area contributed by atoms with Gasteiger partial charge in [-0.2, -0.15) is 13.2 Å². The first-order valence-corrected chi connectivity index (χ1v) is 8.62. The van der Waals surface area contributed by atoms with Crippen molar-refractivity contribution in [2.75, 3.05) is 25.2 Å². The minimum absolute atomic E-state index is 0.0382. The fourth-order valence-corrected chi connectivity index (χ4v) is 3.17. The molecule has 1 heterocycles. The van der Waals surface area contributed by atoms with Gasteiger partial charge in [0.05, 0.1) is 18.2 Å². The second kappa shape index (κ2) is 7.92. The minimum atomic E-state index is -4.49. The molecule has 0 aromatic heterocycles. The molecule has 1 amide bonds. The summed E-state index contributed by atoms with van der Waals surface area (Å²) in [5.74, 6) is -0.921. The number of fused-ring (bicyclic) bond motifs is 1. The average Bonchev–Trinajstić information content (AvgIpc) is 2.70. The summed E-state index contributed by atoms with van der Waals surface area (Å²) in [6.07, 6.45) is -3.21. The highest BCUT2D eigenvalue weighted by Gasteiger charge is 2.31. The molecule has 2 aromatic carbocycles. The predicted octanol–water partition coefficient (Wildman–Crippen LogP) is 3.85. The van der Waals surface area contributed by atoms with Crippen LogP contribution < -0.4 is 9.64 Å². The van der Waals surface area contributed by atoms with E-state index in [-0.39, 0.29) is 5.75 Å². The van der Waals surface area contributed by atoms with Gasteiger partial charge in [-0.3, -0.25) is 4.79 Å². The Morgan fingerprint density at radius 2 is 1.89 bits per heavy atom. The van der Waals surface area contributed by atoms with Crippen molar-refractivity contribution in [1.82, 2.24) is 0 Å². The van der Waals surface area contributed by atoms with Crippen molar-refractivity contribution in [3.05, 3.63) is 59.2 Å². The van der Waals surface area contributed by atoms with Gasteiger partial charge in [0.1, 0.15) is 5.75 Å². The highest BCUT2D eigenvalue weighted by atomic mass is 19.4. The number of rotatable bonds is 4. The second-order valence-corrected chi connectivity index (χ2v) is 6.26. The Morgan fingerprint density at radius 3 is 2.61 bits per heavy atom. The van der Waals surface area contributed by atoms with E-state index in [2.05, 4.69) is 0 Å². The summed E-state index contributed by atoms with van der Waals surface area (Å²) in [6, 6.07) is 9.39. The molecule has 0 fully saturated rings. The van der Waals surface area contributed by atoms with E-state index < -0.39 is 30.2 Å². The fourth-order valence-electron chi connectivity index (χ4n) is 3.17. The number of halogens is 3. The van der Waals surface area contributed by atoms with E-state index in [1.165, 1.54) is 24.1 Å². The van der Waals surface area contributed by atoms with E-state index in [0.717, 1.165) is 12.1 Å². The molecule has 148 valence electrons. The van der Waals surface area contributed by atoms with Crippen LogP contribution in [0.4, 0.5) is 18.9 Å². The van der Waals surface area contributed by atoms with Crippen molar-refractivity contribution in [2.24, 2.45) is 0 Å². The number of anilines is 1. The summed E-state index contributed by atoms with van der Waals surface area (Å²) in [5, 5.41) is 0. The Hall–Kier alpha value is -3.03. The molecule has 0 aliphatic carbocycles. The van der Waals surface area contributed by atoms with Crippen molar-refractivity contribution in [3.63, 3.8) is 0 Å². The number of methoxy groups -OCH3 is 1. The Kier molecular flexibility index (Phi) is 5.58. The zero-order chi connectivity index (χ0) is 20.3. The first kappa shape index (κ1) is 19.7. The molecule has 0 saturated heterocycles. The number of carbonyl (C=O) groups excluding carboxylic acids is 2. The number of amides is 1. The molecule has 5 nitrogen and oxygen atoms in total. The van der Waals surface area contributed by atoms with Crippen molar-refractivity contribution >= 4 is 17.6 Å². The van der Waals surface area contributed by atoms with Crippen LogP contribution in [-0.4, -0.2) is 32.1 Å². The lowest BCUT2D eigenvalue weighted by molar-refractivity contribution is -0.137. The average molecular weight is 393 g/mol. The Bertz CT molecular complexity index is 895. The molecule has 0 N–H and O–H groups in total. The molecule has 1 aliphatic heterocycles. The maximum Gasteiger partial charge on any atom is 0.416 e. The standard InChI is InChI=1S/C20H18F3NO4/c1-27-19(26)16-7-3-9-17-15(16)8-4-10-24(17)18(25)12-28-14-6-2-5-13(11-14)20(21,22)23/h2-3,5-7,9,11H,4,8,10,12H2,1H3. The maximum absolute atomic E-state index is 12.8. The second-order valence-electron chi connectivity index (χ2n) is 6.26. The Labute approximate surface area is 159 Å². The lowest BCUT2D eigenvalue weighted by Gasteiger charge is -2.30. The molecule has 1 aliphatic rings. The smallest absolute Gasteiger partial charge is 0.416 e. The van der Waals surface area contributed by atoms with Gasteiger partial charge in [0, 0.05) is 12.2 Å². The summed E-state index contributed by atoms with van der Waals surface area (Å²) in [5.41, 5.74) is 0.861. The quantitative estimate of drug-likeness (QED) is 0.741. The van der Waals surface area contributed by atoms with Crippen LogP contribution in [-0.2, 0) is 22.1 Å². The zero-order valence-corrected chi connectivity index (χ0v) is 15.1. The Morgan fingerprint density at radius 1 is 1.14 bits per heavy atom. The van der Waals surface area contributed by atoms with E-state index in [1.807, 2.05) is 0 Å². The van der Waals surface area contributed by atoms with Crippen molar-refractivity contribution in [2.45, 2.75) is 19.0 Å². The first-order chi connectivity index (χ1) is 13.3. The van der Waals surface area contributed by atoms with Crippen LogP contribution in [0.5, 0.6) is 5.75 Å². The maximum atomic E-state index is 12.8. The van der Waals surface area contributed by atoms with Gasteiger partial charge in [0.15, 0.2) is 6.61 Å². The van der Waals surface area contributed by atoms with E-state index in [9.17, 15) is 22.8 Å². The van der Waals surface area contributed by atoms with E-state index in [1.54, 1.807) is 18.2 Å². The van der Waals surface area contributed by atoms with Crippen LogP contribution in [0.1, 0.15) is 27.9 Å². The largest absolute Gasteiger partial charge is 0.484 e. The van der Waals surface area contributed by atoms with Crippen molar-refractivity contribution in [3.8, 4) is 5.75 Å². The lowest BCUT2D eigenvalue weighted by atomic mass is 9.96. The summed E-state index contributed by atoms with van der Waals surface area (Å²) in [6.45, 7) is 0.0195. The number of benzene rings is 2. The number of carbonyl (C=O) groups is 2. The Balaban J connectivity index is 1.76. The molecule has 2 aromatic rings. The van der Waals surface area contributed by atoms with Gasteiger partial charge < -0.3 is 14.4 Å². The molecule has 0 spiro atoms. The van der Waals surface area contributed by atoms with Gasteiger partial charge in [-0.1, -0.05) is 12.1 Å². The molecule has 0 unspecified atom stereocenters. The molecule has 8 heteroatoms. The van der Waals surface area contributed by atoms with Crippen LogP contribution in [0.2, 0.25) is 0 Å². The third-order valence-electron chi connectivity index (χ3n) is 4.48. The molecular weight excluding hydrogens is 375 g/mol. The number of alkyl halides is 3. The van der Waals surface area contributed by atoms with Crippen molar-refractivity contribution in [1.29, 1.82) is 0 Å². The number of esters is 1. The van der Waals surface area contributed by atoms with Gasteiger partial charge in [0.25, 0.3) is 5.91 Å². The summed E-state index contributed by atoms with van der Waals surface area (Å²) in [4.78, 5) is 26.1. The summed E-state index contributed by atoms with van der Waals surface area (Å²) in [7, 11) is 1.29. The molecule has 0 saturated carbocycles. The normalized spacial score (nSPS) is 13.6. The number of hydrogen-bond acceptors (Lipinski definition) is 4. The third-order valence-corrected chi connectivity index (χ3v) is 4.48. The van der Waals surface area contributed by atoms with E-state index in [4.69, 9.17) is 9.47 Å². The monoisotopic (exact) mass is 393 g/mol. The summed E-state index contributed by atoms with van der Waals surface area (Å²) >= 11 is 0. The lowest BCUT2D eigenvalue weighted by Crippen LogP contribution is -2.39. The highest BCUT2D eigenvalue weighted by molar-refractivity contribution is 5.99. The van der Waals surface area contributed by atoms with E-state index >= 15 is 0 Å². The molecule has 3 rings (SSSR count). The molecule has 28 heavy (non-hydrogen) atoms. The van der Waals surface area contributed by atoms with Crippen LogP contribution in [0.25, 0.3) is 0 Å². The van der Waals surface area contributed by atoms with Gasteiger partial charge >= 0.3 is 12.1 Å². The van der Waals surface area contributed by atoms with Gasteiger partial charge in [-0.15, -0.1) is 0 Å². The highest BCUT2D eigenvalue weighted by Crippen LogP contribution is 2.32. The van der Waals surface area contributed by atoms with Gasteiger partial charge in [-0.25, -0.2) is 4.79 Å². The van der Waals surface area contributed by atoms with Crippen LogP contribution >= 0.6 is 0 Å².